The van der Waals surface area contributed by atoms with Gasteiger partial charge in [0.2, 0.25) is 11.8 Å². The van der Waals surface area contributed by atoms with E-state index in [-0.39, 0.29) is 24.0 Å². The smallest absolute Gasteiger partial charge is 0.245 e. The molecule has 6 atom stereocenters. The van der Waals surface area contributed by atoms with Crippen molar-refractivity contribution in [2.75, 3.05) is 6.54 Å². The van der Waals surface area contributed by atoms with Gasteiger partial charge in [-0.05, 0) is 37.5 Å². The Morgan fingerprint density at radius 2 is 2.06 bits per heavy atom. The van der Waals surface area contributed by atoms with Crippen molar-refractivity contribution in [2.45, 2.75) is 44.9 Å². The van der Waals surface area contributed by atoms with E-state index < -0.39 is 6.04 Å². The first-order valence-electron chi connectivity index (χ1n) is 6.74. The Morgan fingerprint density at radius 1 is 1.33 bits per heavy atom. The summed E-state index contributed by atoms with van der Waals surface area (Å²) in [6.07, 6.45) is 1.76. The van der Waals surface area contributed by atoms with Crippen molar-refractivity contribution in [1.29, 1.82) is 0 Å². The third-order valence-corrected chi connectivity index (χ3v) is 4.92. The number of likely N-dealkylation sites (tertiary alicyclic amines) is 1. The van der Waals surface area contributed by atoms with Crippen LogP contribution in [0.2, 0.25) is 0 Å². The number of aliphatic hydroxyl groups is 1. The van der Waals surface area contributed by atoms with Crippen LogP contribution in [0.5, 0.6) is 0 Å². The van der Waals surface area contributed by atoms with E-state index in [1.54, 1.807) is 6.92 Å². The molecule has 2 bridgehead atoms. The Kier molecular flexibility index (Phi) is 2.62. The second-order valence-electron chi connectivity index (χ2n) is 6.05. The SMILES string of the molecule is CC(=O)NC(C)C(=O)N1CC2CC3CC2C1C3O. The van der Waals surface area contributed by atoms with Crippen molar-refractivity contribution in [3.63, 3.8) is 0 Å². The highest BCUT2D eigenvalue weighted by Gasteiger charge is 2.60. The Bertz CT molecular complexity index is 396. The zero-order valence-corrected chi connectivity index (χ0v) is 10.8. The van der Waals surface area contributed by atoms with E-state index in [9.17, 15) is 14.7 Å². The van der Waals surface area contributed by atoms with Gasteiger partial charge in [0.25, 0.3) is 0 Å². The first kappa shape index (κ1) is 12.0. The molecular formula is C13H20N2O3. The lowest BCUT2D eigenvalue weighted by atomic mass is 9.88. The zero-order valence-electron chi connectivity index (χ0n) is 10.8. The van der Waals surface area contributed by atoms with E-state index in [1.807, 2.05) is 4.90 Å². The van der Waals surface area contributed by atoms with Gasteiger partial charge in [-0.15, -0.1) is 0 Å². The summed E-state index contributed by atoms with van der Waals surface area (Å²) in [6, 6.07) is -0.497. The minimum absolute atomic E-state index is 0.00235. The topological polar surface area (TPSA) is 69.6 Å². The van der Waals surface area contributed by atoms with E-state index in [0.717, 1.165) is 19.4 Å². The number of nitrogens with zero attached hydrogens (tertiary/aromatic N) is 1. The van der Waals surface area contributed by atoms with Crippen molar-refractivity contribution < 1.29 is 14.7 Å². The molecule has 100 valence electrons. The van der Waals surface area contributed by atoms with Crippen LogP contribution < -0.4 is 5.32 Å². The van der Waals surface area contributed by atoms with Crippen molar-refractivity contribution >= 4 is 11.8 Å². The summed E-state index contributed by atoms with van der Waals surface area (Å²) in [6.45, 7) is 3.88. The molecule has 0 aromatic rings. The van der Waals surface area contributed by atoms with Gasteiger partial charge in [0.05, 0.1) is 12.1 Å². The summed E-state index contributed by atoms with van der Waals surface area (Å²) < 4.78 is 0. The number of carbonyl (C=O) groups is 2. The maximum absolute atomic E-state index is 12.3. The average molecular weight is 252 g/mol. The monoisotopic (exact) mass is 252 g/mol. The highest BCUT2D eigenvalue weighted by molar-refractivity contribution is 5.87. The molecule has 1 aliphatic heterocycles. The summed E-state index contributed by atoms with van der Waals surface area (Å²) in [7, 11) is 0. The first-order valence-corrected chi connectivity index (χ1v) is 6.74. The van der Waals surface area contributed by atoms with Gasteiger partial charge in [-0.25, -0.2) is 0 Å². The third kappa shape index (κ3) is 1.56. The normalized spacial score (nSPS) is 42.2. The lowest BCUT2D eigenvalue weighted by Gasteiger charge is -2.30. The highest BCUT2D eigenvalue weighted by atomic mass is 16.3. The molecule has 2 amide bonds. The predicted molar refractivity (Wildman–Crippen MR) is 64.5 cm³/mol. The molecule has 5 heteroatoms. The molecule has 1 heterocycles. The molecule has 3 aliphatic rings. The van der Waals surface area contributed by atoms with Crippen LogP contribution in [0.1, 0.15) is 26.7 Å². The molecule has 3 fully saturated rings. The molecular weight excluding hydrogens is 232 g/mol. The number of aliphatic hydroxyl groups excluding tert-OH is 1. The standard InChI is InChI=1S/C13H20N2O3/c1-6(14-7(2)16)13(18)15-5-9-3-8-4-10(9)11(15)12(8)17/h6,8-12,17H,3-5H2,1-2H3,(H,14,16). The molecule has 0 aromatic heterocycles. The summed E-state index contributed by atoms with van der Waals surface area (Å²) in [5.41, 5.74) is 0. The number of hydrogen-bond acceptors (Lipinski definition) is 3. The summed E-state index contributed by atoms with van der Waals surface area (Å²) >= 11 is 0. The lowest BCUT2D eigenvalue weighted by molar-refractivity contribution is -0.138. The van der Waals surface area contributed by atoms with Crippen LogP contribution in [0, 0.1) is 17.8 Å². The fourth-order valence-electron chi connectivity index (χ4n) is 4.28. The van der Waals surface area contributed by atoms with Gasteiger partial charge in [-0.3, -0.25) is 9.59 Å². The van der Waals surface area contributed by atoms with Crippen molar-refractivity contribution in [2.24, 2.45) is 17.8 Å². The third-order valence-electron chi connectivity index (χ3n) is 4.92. The largest absolute Gasteiger partial charge is 0.391 e. The van der Waals surface area contributed by atoms with Gasteiger partial charge < -0.3 is 15.3 Å². The molecule has 0 aromatic carbocycles. The van der Waals surface area contributed by atoms with Gasteiger partial charge in [0, 0.05) is 13.5 Å². The Morgan fingerprint density at radius 3 is 2.67 bits per heavy atom. The van der Waals surface area contributed by atoms with Crippen LogP contribution >= 0.6 is 0 Å². The number of amides is 2. The number of rotatable bonds is 2. The quantitative estimate of drug-likeness (QED) is 0.711. The molecule has 2 saturated carbocycles. The van der Waals surface area contributed by atoms with Crippen LogP contribution in [0.15, 0.2) is 0 Å². The number of nitrogens with one attached hydrogen (secondary N) is 1. The van der Waals surface area contributed by atoms with E-state index >= 15 is 0 Å². The van der Waals surface area contributed by atoms with Crippen LogP contribution in [-0.2, 0) is 9.59 Å². The van der Waals surface area contributed by atoms with Crippen molar-refractivity contribution in [3.8, 4) is 0 Å². The molecule has 3 rings (SSSR count). The molecule has 0 radical (unpaired) electrons. The van der Waals surface area contributed by atoms with E-state index in [1.165, 1.54) is 6.92 Å². The molecule has 18 heavy (non-hydrogen) atoms. The van der Waals surface area contributed by atoms with Crippen LogP contribution in [0.4, 0.5) is 0 Å². The summed E-state index contributed by atoms with van der Waals surface area (Å²) in [5, 5.41) is 12.8. The lowest BCUT2D eigenvalue weighted by Crippen LogP contribution is -2.51. The Hall–Kier alpha value is -1.10. The van der Waals surface area contributed by atoms with Gasteiger partial charge in [-0.2, -0.15) is 0 Å². The summed E-state index contributed by atoms with van der Waals surface area (Å²) in [5.74, 6) is 1.20. The molecule has 5 nitrogen and oxygen atoms in total. The highest BCUT2D eigenvalue weighted by Crippen LogP contribution is 2.54. The zero-order chi connectivity index (χ0) is 13.0. The summed E-state index contributed by atoms with van der Waals surface area (Å²) in [4.78, 5) is 25.2. The number of carbonyl (C=O) groups excluding carboxylic acids is 2. The van der Waals surface area contributed by atoms with Crippen molar-refractivity contribution in [1.82, 2.24) is 10.2 Å². The van der Waals surface area contributed by atoms with E-state index in [2.05, 4.69) is 5.32 Å². The van der Waals surface area contributed by atoms with Gasteiger partial charge in [0.15, 0.2) is 0 Å². The average Bonchev–Trinajstić information content (AvgIpc) is 2.87. The number of fused-ring (bicyclic) bond motifs is 1. The predicted octanol–water partition coefficient (Wildman–Crippen LogP) is -0.261. The van der Waals surface area contributed by atoms with Gasteiger partial charge >= 0.3 is 0 Å². The second kappa shape index (κ2) is 3.95. The van der Waals surface area contributed by atoms with Crippen LogP contribution in [0.3, 0.4) is 0 Å². The molecule has 6 unspecified atom stereocenters. The van der Waals surface area contributed by atoms with Gasteiger partial charge in [0.1, 0.15) is 6.04 Å². The molecule has 2 N–H and O–H groups in total. The number of hydrogen-bond donors (Lipinski definition) is 2. The first-order chi connectivity index (χ1) is 8.49. The van der Waals surface area contributed by atoms with E-state index in [0.29, 0.717) is 17.8 Å². The maximum Gasteiger partial charge on any atom is 0.245 e. The minimum Gasteiger partial charge on any atom is -0.391 e. The fourth-order valence-corrected chi connectivity index (χ4v) is 4.28. The van der Waals surface area contributed by atoms with Crippen LogP contribution in [-0.4, -0.2) is 46.6 Å². The molecule has 0 spiro atoms. The Labute approximate surface area is 107 Å². The van der Waals surface area contributed by atoms with E-state index in [4.69, 9.17) is 0 Å². The maximum atomic E-state index is 12.3. The minimum atomic E-state index is -0.494. The van der Waals surface area contributed by atoms with Crippen LogP contribution in [0.25, 0.3) is 0 Å². The Balaban J connectivity index is 1.74. The van der Waals surface area contributed by atoms with Crippen molar-refractivity contribution in [3.05, 3.63) is 0 Å². The molecule has 2 aliphatic carbocycles. The molecule has 1 saturated heterocycles. The second-order valence-corrected chi connectivity index (χ2v) is 6.05. The van der Waals surface area contributed by atoms with Gasteiger partial charge in [-0.1, -0.05) is 0 Å². The fraction of sp³-hybridized carbons (Fsp3) is 0.846.